The van der Waals surface area contributed by atoms with E-state index in [0.717, 1.165) is 23.0 Å². The van der Waals surface area contributed by atoms with Crippen molar-refractivity contribution >= 4 is 27.9 Å². The van der Waals surface area contributed by atoms with Crippen LogP contribution in [0.3, 0.4) is 0 Å². The van der Waals surface area contributed by atoms with Crippen LogP contribution in [0, 0.1) is 5.92 Å². The van der Waals surface area contributed by atoms with E-state index in [4.69, 9.17) is 0 Å². The Bertz CT molecular complexity index is 388. The van der Waals surface area contributed by atoms with E-state index in [0.29, 0.717) is 17.5 Å². The number of hydrogen-bond acceptors (Lipinski definition) is 2. The van der Waals surface area contributed by atoms with Crippen molar-refractivity contribution in [3.63, 3.8) is 0 Å². The zero-order valence-corrected chi connectivity index (χ0v) is 12.5. The van der Waals surface area contributed by atoms with Crippen molar-refractivity contribution < 1.29 is 4.79 Å². The summed E-state index contributed by atoms with van der Waals surface area (Å²) in [6, 6.07) is 6.19. The Balaban J connectivity index is 3.05. The minimum absolute atomic E-state index is 0.441. The van der Waals surface area contributed by atoms with Crippen LogP contribution in [-0.4, -0.2) is 18.9 Å². The van der Waals surface area contributed by atoms with Crippen molar-refractivity contribution in [3.05, 3.63) is 28.2 Å². The van der Waals surface area contributed by atoms with E-state index in [1.54, 1.807) is 0 Å². The molecule has 1 aromatic carbocycles. The molecule has 1 rings (SSSR count). The van der Waals surface area contributed by atoms with E-state index < -0.39 is 0 Å². The number of rotatable bonds is 5. The molecular weight excluding hydrogens is 278 g/mol. The lowest BCUT2D eigenvalue weighted by Crippen LogP contribution is -2.34. The average Bonchev–Trinajstić information content (AvgIpc) is 2.25. The highest BCUT2D eigenvalue weighted by molar-refractivity contribution is 9.10. The molecule has 0 fully saturated rings. The first-order valence-corrected chi connectivity index (χ1v) is 6.76. The Hall–Kier alpha value is -0.830. The van der Waals surface area contributed by atoms with Gasteiger partial charge in [0.2, 0.25) is 0 Å². The summed E-state index contributed by atoms with van der Waals surface area (Å²) < 4.78 is 0.983. The number of carbonyl (C=O) groups is 1. The molecule has 0 amide bonds. The highest BCUT2D eigenvalue weighted by Crippen LogP contribution is 2.29. The maximum atomic E-state index is 10.7. The van der Waals surface area contributed by atoms with Crippen LogP contribution in [0.5, 0.6) is 0 Å². The van der Waals surface area contributed by atoms with Crippen LogP contribution in [0.15, 0.2) is 22.7 Å². The number of carbonyl (C=O) groups excluding carboxylic acids is 1. The number of benzene rings is 1. The van der Waals surface area contributed by atoms with Crippen molar-refractivity contribution in [1.29, 1.82) is 0 Å². The summed E-state index contributed by atoms with van der Waals surface area (Å²) in [7, 11) is 0. The second-order valence-corrected chi connectivity index (χ2v) is 5.82. The maximum Gasteiger partial charge on any atom is 0.150 e. The van der Waals surface area contributed by atoms with Gasteiger partial charge in [0.05, 0.1) is 5.69 Å². The van der Waals surface area contributed by atoms with Gasteiger partial charge < -0.3 is 4.90 Å². The van der Waals surface area contributed by atoms with Crippen LogP contribution in [-0.2, 0) is 0 Å². The zero-order chi connectivity index (χ0) is 13.0. The normalized spacial score (nSPS) is 11.0. The van der Waals surface area contributed by atoms with E-state index in [9.17, 15) is 4.79 Å². The molecule has 0 aliphatic carbocycles. The molecule has 1 aromatic rings. The predicted molar refractivity (Wildman–Crippen MR) is 76.8 cm³/mol. The molecule has 94 valence electrons. The zero-order valence-electron chi connectivity index (χ0n) is 10.9. The number of anilines is 1. The molecule has 0 spiro atoms. The second-order valence-electron chi connectivity index (χ2n) is 4.97. The second kappa shape index (κ2) is 6.20. The fourth-order valence-corrected chi connectivity index (χ4v) is 2.43. The van der Waals surface area contributed by atoms with Gasteiger partial charge in [0.15, 0.2) is 0 Å². The van der Waals surface area contributed by atoms with Gasteiger partial charge in [0.25, 0.3) is 0 Å². The van der Waals surface area contributed by atoms with Crippen molar-refractivity contribution in [3.8, 4) is 0 Å². The van der Waals surface area contributed by atoms with Gasteiger partial charge in [0.1, 0.15) is 6.29 Å². The number of hydrogen-bond donors (Lipinski definition) is 0. The summed E-state index contributed by atoms with van der Waals surface area (Å²) in [5, 5.41) is 0. The molecule has 0 bridgehead atoms. The third-order valence-corrected chi connectivity index (χ3v) is 3.24. The average molecular weight is 298 g/mol. The first-order valence-electron chi connectivity index (χ1n) is 5.97. The third-order valence-electron chi connectivity index (χ3n) is 2.60. The van der Waals surface area contributed by atoms with Gasteiger partial charge in [-0.2, -0.15) is 0 Å². The summed E-state index contributed by atoms with van der Waals surface area (Å²) in [6.45, 7) is 9.80. The Morgan fingerprint density at radius 2 is 1.94 bits per heavy atom. The lowest BCUT2D eigenvalue weighted by Gasteiger charge is -2.31. The largest absolute Gasteiger partial charge is 0.368 e. The Morgan fingerprint density at radius 3 is 2.35 bits per heavy atom. The lowest BCUT2D eigenvalue weighted by molar-refractivity contribution is 0.112. The van der Waals surface area contributed by atoms with E-state index in [1.807, 2.05) is 18.2 Å². The fourth-order valence-electron chi connectivity index (χ4n) is 1.81. The highest BCUT2D eigenvalue weighted by Gasteiger charge is 2.15. The quantitative estimate of drug-likeness (QED) is 0.762. The van der Waals surface area contributed by atoms with E-state index in [-0.39, 0.29) is 0 Å². The maximum absolute atomic E-state index is 10.7. The monoisotopic (exact) mass is 297 g/mol. The Morgan fingerprint density at radius 1 is 1.29 bits per heavy atom. The van der Waals surface area contributed by atoms with Crippen molar-refractivity contribution in [1.82, 2.24) is 0 Å². The molecule has 0 heterocycles. The number of nitrogens with zero attached hydrogens (tertiary/aromatic N) is 1. The molecule has 0 saturated heterocycles. The van der Waals surface area contributed by atoms with Crippen LogP contribution in [0.4, 0.5) is 5.69 Å². The third kappa shape index (κ3) is 3.84. The molecule has 2 nitrogen and oxygen atoms in total. The molecule has 0 N–H and O–H groups in total. The van der Waals surface area contributed by atoms with Crippen molar-refractivity contribution in [2.24, 2.45) is 5.92 Å². The van der Waals surface area contributed by atoms with Gasteiger partial charge in [-0.1, -0.05) is 13.8 Å². The van der Waals surface area contributed by atoms with Gasteiger partial charge >= 0.3 is 0 Å². The van der Waals surface area contributed by atoms with Gasteiger partial charge in [-0.25, -0.2) is 0 Å². The summed E-state index contributed by atoms with van der Waals surface area (Å²) in [6.07, 6.45) is 0.872. The molecule has 0 radical (unpaired) electrons. The molecular formula is C14H20BrNO. The predicted octanol–water partition coefficient (Wildman–Crippen LogP) is 4.13. The van der Waals surface area contributed by atoms with Crippen LogP contribution in [0.2, 0.25) is 0 Å². The van der Waals surface area contributed by atoms with Gasteiger partial charge in [-0.3, -0.25) is 4.79 Å². The minimum Gasteiger partial charge on any atom is -0.368 e. The molecule has 0 aliphatic rings. The molecule has 0 unspecified atom stereocenters. The van der Waals surface area contributed by atoms with Gasteiger partial charge in [0, 0.05) is 22.6 Å². The summed E-state index contributed by atoms with van der Waals surface area (Å²) in [4.78, 5) is 13.1. The smallest absolute Gasteiger partial charge is 0.150 e. The molecule has 0 saturated carbocycles. The van der Waals surface area contributed by atoms with Gasteiger partial charge in [-0.05, 0) is 53.9 Å². The Labute approximate surface area is 112 Å². The van der Waals surface area contributed by atoms with E-state index >= 15 is 0 Å². The van der Waals surface area contributed by atoms with E-state index in [1.165, 1.54) is 0 Å². The van der Waals surface area contributed by atoms with Crippen LogP contribution in [0.1, 0.15) is 38.1 Å². The lowest BCUT2D eigenvalue weighted by atomic mass is 10.1. The van der Waals surface area contributed by atoms with Crippen LogP contribution >= 0.6 is 15.9 Å². The van der Waals surface area contributed by atoms with Crippen molar-refractivity contribution in [2.75, 3.05) is 11.4 Å². The fraction of sp³-hybridized carbons (Fsp3) is 0.500. The highest BCUT2D eigenvalue weighted by atomic mass is 79.9. The SMILES string of the molecule is CC(C)CN(c1ccc(C=O)cc1Br)C(C)C. The first-order chi connectivity index (χ1) is 7.95. The standard InChI is InChI=1S/C14H20BrNO/c1-10(2)8-16(11(3)4)14-6-5-12(9-17)7-13(14)15/h5-7,9-11H,8H2,1-4H3. The molecule has 0 aliphatic heterocycles. The number of halogens is 1. The molecule has 0 aromatic heterocycles. The summed E-state index contributed by atoms with van der Waals surface area (Å²) in [5.74, 6) is 0.607. The van der Waals surface area contributed by atoms with E-state index in [2.05, 4.69) is 48.5 Å². The summed E-state index contributed by atoms with van der Waals surface area (Å²) in [5.41, 5.74) is 1.85. The topological polar surface area (TPSA) is 20.3 Å². The van der Waals surface area contributed by atoms with Crippen LogP contribution in [0.25, 0.3) is 0 Å². The molecule has 0 atom stereocenters. The minimum atomic E-state index is 0.441. The first kappa shape index (κ1) is 14.2. The summed E-state index contributed by atoms with van der Waals surface area (Å²) >= 11 is 3.55. The van der Waals surface area contributed by atoms with Crippen molar-refractivity contribution in [2.45, 2.75) is 33.7 Å². The molecule has 17 heavy (non-hydrogen) atoms. The van der Waals surface area contributed by atoms with Crippen LogP contribution < -0.4 is 4.90 Å². The Kier molecular flexibility index (Phi) is 5.19. The number of aldehydes is 1. The van der Waals surface area contributed by atoms with Gasteiger partial charge in [-0.15, -0.1) is 0 Å². The molecule has 3 heteroatoms.